The van der Waals surface area contributed by atoms with Gasteiger partial charge >= 0.3 is 0 Å². The summed E-state index contributed by atoms with van der Waals surface area (Å²) in [5.74, 6) is 0.603. The molecule has 1 saturated carbocycles. The van der Waals surface area contributed by atoms with Gasteiger partial charge in [0.1, 0.15) is 5.69 Å². The second-order valence-electron chi connectivity index (χ2n) is 6.05. The van der Waals surface area contributed by atoms with E-state index in [9.17, 15) is 9.70 Å². The van der Waals surface area contributed by atoms with Crippen molar-refractivity contribution >= 4 is 5.69 Å². The molecule has 0 bridgehead atoms. The first kappa shape index (κ1) is 14.7. The molecular weight excluding hydrogens is 276 g/mol. The van der Waals surface area contributed by atoms with E-state index in [1.165, 1.54) is 32.1 Å². The van der Waals surface area contributed by atoms with Crippen LogP contribution in [0.4, 0.5) is 5.69 Å². The highest BCUT2D eigenvalue weighted by Crippen LogP contribution is 2.30. The fourth-order valence-corrected chi connectivity index (χ4v) is 3.37. The third-order valence-electron chi connectivity index (χ3n) is 4.46. The Morgan fingerprint density at radius 3 is 2.50 bits per heavy atom. The number of nitroso groups, excluding NO2 is 1. The van der Waals surface area contributed by atoms with Crippen LogP contribution < -0.4 is 5.56 Å². The van der Waals surface area contributed by atoms with Crippen LogP contribution in [0.2, 0.25) is 0 Å². The van der Waals surface area contributed by atoms with Crippen molar-refractivity contribution in [2.45, 2.75) is 38.5 Å². The molecule has 0 unspecified atom stereocenters. The predicted octanol–water partition coefficient (Wildman–Crippen LogP) is 4.56. The number of benzene rings is 1. The summed E-state index contributed by atoms with van der Waals surface area (Å²) in [4.78, 5) is 26.5. The van der Waals surface area contributed by atoms with Gasteiger partial charge in [0.2, 0.25) is 0 Å². The van der Waals surface area contributed by atoms with Gasteiger partial charge in [-0.25, -0.2) is 0 Å². The van der Waals surface area contributed by atoms with E-state index >= 15 is 0 Å². The number of hydrogen-bond acceptors (Lipinski definition) is 3. The summed E-state index contributed by atoms with van der Waals surface area (Å²) in [5.41, 5.74) is 1.92. The summed E-state index contributed by atoms with van der Waals surface area (Å²) in [6.45, 7) is 0. The van der Waals surface area contributed by atoms with Crippen LogP contribution in [0.5, 0.6) is 0 Å². The number of nitrogens with zero attached hydrogens (tertiary/aromatic N) is 1. The standard InChI is InChI=1S/C18H20N2O2/c21-18-17(14-9-5-2-6-10-14)16(20-22)12-15(19-18)11-13-7-3-1-4-8-13/h2,5-6,9-10,12-13H,1,3-4,7-8,11H2,(H,19,21). The van der Waals surface area contributed by atoms with Crippen molar-refractivity contribution in [1.82, 2.24) is 4.98 Å². The SMILES string of the molecule is O=Nc1cc(CC2CCCCC2)[nH]c(=O)c1-c1ccccc1. The van der Waals surface area contributed by atoms with Crippen LogP contribution in [0.1, 0.15) is 37.8 Å². The highest BCUT2D eigenvalue weighted by Gasteiger charge is 2.17. The molecule has 4 nitrogen and oxygen atoms in total. The maximum atomic E-state index is 12.4. The maximum absolute atomic E-state index is 12.4. The second-order valence-corrected chi connectivity index (χ2v) is 6.05. The Balaban J connectivity index is 1.94. The predicted molar refractivity (Wildman–Crippen MR) is 88.2 cm³/mol. The topological polar surface area (TPSA) is 62.3 Å². The molecule has 3 rings (SSSR count). The third-order valence-corrected chi connectivity index (χ3v) is 4.46. The van der Waals surface area contributed by atoms with Gasteiger partial charge < -0.3 is 4.98 Å². The van der Waals surface area contributed by atoms with E-state index in [1.807, 2.05) is 30.3 Å². The van der Waals surface area contributed by atoms with Crippen molar-refractivity contribution in [3.05, 3.63) is 57.4 Å². The van der Waals surface area contributed by atoms with Crippen molar-refractivity contribution in [3.63, 3.8) is 0 Å². The Morgan fingerprint density at radius 2 is 1.82 bits per heavy atom. The quantitative estimate of drug-likeness (QED) is 0.840. The first-order valence-electron chi connectivity index (χ1n) is 7.93. The molecule has 0 atom stereocenters. The zero-order valence-corrected chi connectivity index (χ0v) is 12.5. The lowest BCUT2D eigenvalue weighted by Crippen LogP contribution is -2.16. The van der Waals surface area contributed by atoms with Gasteiger partial charge in [-0.1, -0.05) is 62.4 Å². The molecule has 1 aromatic carbocycles. The number of pyridine rings is 1. The van der Waals surface area contributed by atoms with Crippen LogP contribution >= 0.6 is 0 Å². The number of hydrogen-bond donors (Lipinski definition) is 1. The van der Waals surface area contributed by atoms with Crippen LogP contribution in [0.25, 0.3) is 11.1 Å². The van der Waals surface area contributed by atoms with E-state index in [2.05, 4.69) is 10.2 Å². The molecule has 1 heterocycles. The summed E-state index contributed by atoms with van der Waals surface area (Å²) in [6.07, 6.45) is 7.05. The van der Waals surface area contributed by atoms with Crippen molar-refractivity contribution < 1.29 is 0 Å². The minimum atomic E-state index is -0.228. The second kappa shape index (κ2) is 6.69. The van der Waals surface area contributed by atoms with E-state index in [4.69, 9.17) is 0 Å². The van der Waals surface area contributed by atoms with Crippen molar-refractivity contribution in [2.75, 3.05) is 0 Å². The summed E-state index contributed by atoms with van der Waals surface area (Å²) >= 11 is 0. The molecule has 0 aliphatic heterocycles. The van der Waals surface area contributed by atoms with Crippen LogP contribution in [0.3, 0.4) is 0 Å². The zero-order chi connectivity index (χ0) is 15.4. The van der Waals surface area contributed by atoms with Crippen LogP contribution in [-0.4, -0.2) is 4.98 Å². The average molecular weight is 296 g/mol. The minimum Gasteiger partial charge on any atom is -0.326 e. The maximum Gasteiger partial charge on any atom is 0.258 e. The van der Waals surface area contributed by atoms with Gasteiger partial charge in [0.15, 0.2) is 0 Å². The van der Waals surface area contributed by atoms with Gasteiger partial charge in [-0.15, -0.1) is 4.91 Å². The monoisotopic (exact) mass is 296 g/mol. The lowest BCUT2D eigenvalue weighted by molar-refractivity contribution is 0.354. The molecule has 1 aliphatic carbocycles. The van der Waals surface area contributed by atoms with Gasteiger partial charge in [0.05, 0.1) is 5.56 Å². The van der Waals surface area contributed by atoms with Crippen LogP contribution in [0.15, 0.2) is 46.4 Å². The Morgan fingerprint density at radius 1 is 1.09 bits per heavy atom. The van der Waals surface area contributed by atoms with Gasteiger partial charge in [-0.05, 0) is 29.1 Å². The fourth-order valence-electron chi connectivity index (χ4n) is 3.37. The molecular formula is C18H20N2O2. The van der Waals surface area contributed by atoms with E-state index in [-0.39, 0.29) is 11.2 Å². The highest BCUT2D eigenvalue weighted by atomic mass is 16.3. The van der Waals surface area contributed by atoms with Gasteiger partial charge in [0, 0.05) is 5.69 Å². The number of rotatable bonds is 4. The largest absolute Gasteiger partial charge is 0.326 e. The lowest BCUT2D eigenvalue weighted by Gasteiger charge is -2.21. The van der Waals surface area contributed by atoms with Crippen molar-refractivity contribution in [2.24, 2.45) is 11.1 Å². The average Bonchev–Trinajstić information content (AvgIpc) is 2.56. The van der Waals surface area contributed by atoms with E-state index in [1.54, 1.807) is 6.07 Å². The fraction of sp³-hybridized carbons (Fsp3) is 0.389. The summed E-state index contributed by atoms with van der Waals surface area (Å²) in [6, 6.07) is 11.0. The number of aromatic amines is 1. The molecule has 4 heteroatoms. The number of aromatic nitrogens is 1. The van der Waals surface area contributed by atoms with Gasteiger partial charge in [-0.3, -0.25) is 4.79 Å². The molecule has 2 aromatic rings. The lowest BCUT2D eigenvalue weighted by atomic mass is 9.86. The highest BCUT2D eigenvalue weighted by molar-refractivity contribution is 5.74. The molecule has 1 aliphatic rings. The van der Waals surface area contributed by atoms with E-state index < -0.39 is 0 Å². The molecule has 22 heavy (non-hydrogen) atoms. The Kier molecular flexibility index (Phi) is 4.47. The molecule has 114 valence electrons. The molecule has 1 fully saturated rings. The van der Waals surface area contributed by atoms with Gasteiger partial charge in [-0.2, -0.15) is 0 Å². The normalized spacial score (nSPS) is 15.6. The van der Waals surface area contributed by atoms with E-state index in [0.717, 1.165) is 17.7 Å². The van der Waals surface area contributed by atoms with Crippen molar-refractivity contribution in [1.29, 1.82) is 0 Å². The van der Waals surface area contributed by atoms with Crippen LogP contribution in [-0.2, 0) is 6.42 Å². The number of nitrogens with one attached hydrogen (secondary N) is 1. The molecule has 0 amide bonds. The summed E-state index contributed by atoms with van der Waals surface area (Å²) in [5, 5.41) is 3.09. The minimum absolute atomic E-state index is 0.228. The smallest absolute Gasteiger partial charge is 0.258 e. The molecule has 0 spiro atoms. The van der Waals surface area contributed by atoms with E-state index in [0.29, 0.717) is 11.5 Å². The zero-order valence-electron chi connectivity index (χ0n) is 12.5. The molecule has 1 aromatic heterocycles. The first-order chi connectivity index (χ1) is 10.8. The summed E-state index contributed by atoms with van der Waals surface area (Å²) < 4.78 is 0. The molecule has 0 radical (unpaired) electrons. The number of H-pyrrole nitrogens is 1. The Labute approximate surface area is 129 Å². The van der Waals surface area contributed by atoms with Gasteiger partial charge in [0.25, 0.3) is 5.56 Å². The molecule has 1 N–H and O–H groups in total. The first-order valence-corrected chi connectivity index (χ1v) is 7.93. The summed E-state index contributed by atoms with van der Waals surface area (Å²) in [7, 11) is 0. The Hall–Kier alpha value is -2.23. The molecule has 0 saturated heterocycles. The van der Waals surface area contributed by atoms with Crippen molar-refractivity contribution in [3.8, 4) is 11.1 Å². The Bertz CT molecular complexity index is 701. The third kappa shape index (κ3) is 3.16. The van der Waals surface area contributed by atoms with Crippen LogP contribution in [0, 0.1) is 10.8 Å².